The second-order valence-electron chi connectivity index (χ2n) is 7.33. The van der Waals surface area contributed by atoms with E-state index in [0.717, 1.165) is 25.7 Å². The van der Waals surface area contributed by atoms with Crippen molar-refractivity contribution in [1.29, 1.82) is 0 Å². The number of hydrogen-bond donors (Lipinski definition) is 0. The Bertz CT molecular complexity index is 414. The van der Waals surface area contributed by atoms with Crippen LogP contribution in [0.2, 0.25) is 0 Å². The van der Waals surface area contributed by atoms with Gasteiger partial charge in [-0.3, -0.25) is 9.59 Å². The highest BCUT2D eigenvalue weighted by Crippen LogP contribution is 2.63. The topological polar surface area (TPSA) is 52.6 Å². The van der Waals surface area contributed by atoms with Crippen LogP contribution in [0.1, 0.15) is 58.8 Å². The zero-order valence-electron chi connectivity index (χ0n) is 12.4. The molecule has 0 amide bonds. The molecule has 4 aliphatic rings. The van der Waals surface area contributed by atoms with Gasteiger partial charge < -0.3 is 9.47 Å². The standard InChI is InChI=1S/C16H24O4/c1-11(17)19-4-3-15-6-13-5-14(7-15)9-16(8-13,10-15)20-12(2)18/h13-14H,3-10H2,1-2H3. The molecule has 0 spiro atoms. The number of rotatable bonds is 4. The number of ether oxygens (including phenoxy) is 2. The smallest absolute Gasteiger partial charge is 0.303 e. The van der Waals surface area contributed by atoms with Gasteiger partial charge in [0.2, 0.25) is 0 Å². The summed E-state index contributed by atoms with van der Waals surface area (Å²) >= 11 is 0. The first-order chi connectivity index (χ1) is 9.40. The van der Waals surface area contributed by atoms with Gasteiger partial charge in [0.25, 0.3) is 0 Å². The van der Waals surface area contributed by atoms with Gasteiger partial charge in [-0.1, -0.05) is 0 Å². The van der Waals surface area contributed by atoms with Crippen LogP contribution >= 0.6 is 0 Å². The van der Waals surface area contributed by atoms with Crippen molar-refractivity contribution in [1.82, 2.24) is 0 Å². The lowest BCUT2D eigenvalue weighted by molar-refractivity contribution is -0.202. The molecule has 0 aromatic rings. The number of esters is 2. The molecule has 0 saturated heterocycles. The molecule has 4 heteroatoms. The zero-order valence-corrected chi connectivity index (χ0v) is 12.4. The molecule has 0 heterocycles. The Morgan fingerprint density at radius 2 is 1.70 bits per heavy atom. The molecule has 20 heavy (non-hydrogen) atoms. The third-order valence-electron chi connectivity index (χ3n) is 5.43. The molecule has 4 bridgehead atoms. The monoisotopic (exact) mass is 280 g/mol. The highest BCUT2D eigenvalue weighted by atomic mass is 16.6. The van der Waals surface area contributed by atoms with Crippen LogP contribution in [-0.4, -0.2) is 24.1 Å². The first kappa shape index (κ1) is 13.9. The Hall–Kier alpha value is -1.06. The summed E-state index contributed by atoms with van der Waals surface area (Å²) in [5.41, 5.74) is 0.0150. The van der Waals surface area contributed by atoms with E-state index >= 15 is 0 Å². The molecule has 0 aromatic carbocycles. The summed E-state index contributed by atoms with van der Waals surface area (Å²) in [5, 5.41) is 0. The van der Waals surface area contributed by atoms with Crippen LogP contribution in [0.3, 0.4) is 0 Å². The van der Waals surface area contributed by atoms with Crippen LogP contribution in [0.25, 0.3) is 0 Å². The molecule has 2 atom stereocenters. The summed E-state index contributed by atoms with van der Waals surface area (Å²) in [6.45, 7) is 3.48. The van der Waals surface area contributed by atoms with E-state index in [1.165, 1.54) is 33.1 Å². The Balaban J connectivity index is 1.73. The molecular weight excluding hydrogens is 256 g/mol. The normalized spacial score (nSPS) is 41.5. The average molecular weight is 280 g/mol. The van der Waals surface area contributed by atoms with E-state index in [2.05, 4.69) is 0 Å². The van der Waals surface area contributed by atoms with Crippen molar-refractivity contribution in [3.05, 3.63) is 0 Å². The fourth-order valence-corrected chi connectivity index (χ4v) is 5.49. The molecule has 2 unspecified atom stereocenters. The van der Waals surface area contributed by atoms with Gasteiger partial charge in [0.1, 0.15) is 5.60 Å². The lowest BCUT2D eigenvalue weighted by Gasteiger charge is -2.61. The van der Waals surface area contributed by atoms with E-state index in [1.807, 2.05) is 0 Å². The van der Waals surface area contributed by atoms with Gasteiger partial charge in [-0.2, -0.15) is 0 Å². The SMILES string of the molecule is CC(=O)OCCC12CC3CC(C1)CC(OC(C)=O)(C3)C2. The first-order valence-electron chi connectivity index (χ1n) is 7.73. The summed E-state index contributed by atoms with van der Waals surface area (Å²) < 4.78 is 10.9. The number of hydrogen-bond acceptors (Lipinski definition) is 4. The van der Waals surface area contributed by atoms with Crippen molar-refractivity contribution in [2.24, 2.45) is 17.3 Å². The molecule has 0 radical (unpaired) electrons. The summed E-state index contributed by atoms with van der Waals surface area (Å²) in [6, 6.07) is 0. The molecule has 4 saturated carbocycles. The van der Waals surface area contributed by atoms with Crippen LogP contribution in [-0.2, 0) is 19.1 Å². The van der Waals surface area contributed by atoms with E-state index in [1.54, 1.807) is 0 Å². The van der Waals surface area contributed by atoms with Crippen LogP contribution in [0.4, 0.5) is 0 Å². The van der Waals surface area contributed by atoms with Gasteiger partial charge in [-0.25, -0.2) is 0 Å². The molecule has 0 aliphatic heterocycles. The minimum atomic E-state index is -0.216. The predicted molar refractivity (Wildman–Crippen MR) is 72.9 cm³/mol. The van der Waals surface area contributed by atoms with Gasteiger partial charge >= 0.3 is 11.9 Å². The maximum absolute atomic E-state index is 11.4. The second-order valence-corrected chi connectivity index (χ2v) is 7.33. The Kier molecular flexibility index (Phi) is 3.30. The molecule has 0 N–H and O–H groups in total. The van der Waals surface area contributed by atoms with Crippen LogP contribution in [0, 0.1) is 17.3 Å². The van der Waals surface area contributed by atoms with E-state index < -0.39 is 0 Å². The maximum Gasteiger partial charge on any atom is 0.303 e. The van der Waals surface area contributed by atoms with Crippen LogP contribution in [0.15, 0.2) is 0 Å². The maximum atomic E-state index is 11.4. The fraction of sp³-hybridized carbons (Fsp3) is 0.875. The quantitative estimate of drug-likeness (QED) is 0.743. The molecule has 4 rings (SSSR count). The van der Waals surface area contributed by atoms with Crippen molar-refractivity contribution in [3.63, 3.8) is 0 Å². The van der Waals surface area contributed by atoms with Crippen LogP contribution in [0.5, 0.6) is 0 Å². The minimum absolute atomic E-state index is 0.151. The fourth-order valence-electron chi connectivity index (χ4n) is 5.49. The van der Waals surface area contributed by atoms with Gasteiger partial charge in [0.05, 0.1) is 6.61 Å². The third-order valence-corrected chi connectivity index (χ3v) is 5.43. The second kappa shape index (κ2) is 4.74. The van der Waals surface area contributed by atoms with Crippen molar-refractivity contribution in [2.45, 2.75) is 64.4 Å². The van der Waals surface area contributed by atoms with Crippen molar-refractivity contribution >= 4 is 11.9 Å². The Morgan fingerprint density at radius 1 is 1.05 bits per heavy atom. The van der Waals surface area contributed by atoms with E-state index in [4.69, 9.17) is 9.47 Å². The first-order valence-corrected chi connectivity index (χ1v) is 7.73. The van der Waals surface area contributed by atoms with E-state index in [-0.39, 0.29) is 23.0 Å². The molecule has 112 valence electrons. The molecule has 4 fully saturated rings. The van der Waals surface area contributed by atoms with E-state index in [0.29, 0.717) is 18.4 Å². The highest BCUT2D eigenvalue weighted by molar-refractivity contribution is 5.66. The predicted octanol–water partition coefficient (Wildman–Crippen LogP) is 2.84. The molecule has 4 aliphatic carbocycles. The van der Waals surface area contributed by atoms with Gasteiger partial charge in [-0.05, 0) is 62.2 Å². The Morgan fingerprint density at radius 3 is 2.25 bits per heavy atom. The number of carbonyl (C=O) groups excluding carboxylic acids is 2. The average Bonchev–Trinajstić information content (AvgIpc) is 2.23. The molecule has 0 aromatic heterocycles. The van der Waals surface area contributed by atoms with Gasteiger partial charge in [-0.15, -0.1) is 0 Å². The largest absolute Gasteiger partial charge is 0.466 e. The molecule has 4 nitrogen and oxygen atoms in total. The Labute approximate surface area is 120 Å². The minimum Gasteiger partial charge on any atom is -0.466 e. The summed E-state index contributed by atoms with van der Waals surface area (Å²) in [5.74, 6) is 1.02. The number of carbonyl (C=O) groups is 2. The lowest BCUT2D eigenvalue weighted by Crippen LogP contribution is -2.57. The lowest BCUT2D eigenvalue weighted by atomic mass is 9.47. The third kappa shape index (κ3) is 2.57. The van der Waals surface area contributed by atoms with E-state index in [9.17, 15) is 9.59 Å². The summed E-state index contributed by atoms with van der Waals surface area (Å²) in [4.78, 5) is 22.4. The van der Waals surface area contributed by atoms with Crippen molar-refractivity contribution in [3.8, 4) is 0 Å². The van der Waals surface area contributed by atoms with Crippen molar-refractivity contribution in [2.75, 3.05) is 6.61 Å². The molecular formula is C16H24O4. The summed E-state index contributed by atoms with van der Waals surface area (Å²) in [6.07, 6.45) is 7.69. The summed E-state index contributed by atoms with van der Waals surface area (Å²) in [7, 11) is 0. The van der Waals surface area contributed by atoms with Gasteiger partial charge in [0.15, 0.2) is 0 Å². The zero-order chi connectivity index (χ0) is 14.4. The van der Waals surface area contributed by atoms with Gasteiger partial charge in [0, 0.05) is 13.8 Å². The van der Waals surface area contributed by atoms with Crippen LogP contribution < -0.4 is 0 Å². The highest BCUT2D eigenvalue weighted by Gasteiger charge is 2.59. The van der Waals surface area contributed by atoms with Crippen molar-refractivity contribution < 1.29 is 19.1 Å².